The minimum Gasteiger partial charge on any atom is -0.486 e. The van der Waals surface area contributed by atoms with E-state index in [0.717, 1.165) is 5.75 Å². The highest BCUT2D eigenvalue weighted by Crippen LogP contribution is 2.31. The summed E-state index contributed by atoms with van der Waals surface area (Å²) in [5.41, 5.74) is 0. The first-order chi connectivity index (χ1) is 8.65. The highest BCUT2D eigenvalue weighted by molar-refractivity contribution is 5.76. The Morgan fingerprint density at radius 2 is 2.11 bits per heavy atom. The topological polar surface area (TPSA) is 47.6 Å². The lowest BCUT2D eigenvalue weighted by molar-refractivity contribution is -0.123. The van der Waals surface area contributed by atoms with E-state index < -0.39 is 0 Å². The fourth-order valence-electron chi connectivity index (χ4n) is 1.76. The van der Waals surface area contributed by atoms with E-state index in [0.29, 0.717) is 31.2 Å². The van der Waals surface area contributed by atoms with Gasteiger partial charge in [0.1, 0.15) is 12.7 Å². The number of rotatable bonds is 4. The Labute approximate surface area is 107 Å². The van der Waals surface area contributed by atoms with Gasteiger partial charge < -0.3 is 14.8 Å². The summed E-state index contributed by atoms with van der Waals surface area (Å²) >= 11 is 0. The van der Waals surface area contributed by atoms with Crippen molar-refractivity contribution < 1.29 is 14.3 Å². The van der Waals surface area contributed by atoms with Crippen molar-refractivity contribution in [2.45, 2.75) is 26.4 Å². The maximum atomic E-state index is 11.7. The van der Waals surface area contributed by atoms with Gasteiger partial charge in [0.2, 0.25) is 5.91 Å². The van der Waals surface area contributed by atoms with Crippen LogP contribution in [0.3, 0.4) is 0 Å². The number of amides is 1. The Balaban J connectivity index is 1.84. The van der Waals surface area contributed by atoms with Crippen molar-refractivity contribution in [3.63, 3.8) is 0 Å². The molecule has 98 valence electrons. The predicted octanol–water partition coefficient (Wildman–Crippen LogP) is 1.99. The number of hydrogen-bond acceptors (Lipinski definition) is 3. The molecule has 0 aromatic heterocycles. The van der Waals surface area contributed by atoms with Crippen molar-refractivity contribution in [2.75, 3.05) is 13.2 Å². The van der Waals surface area contributed by atoms with Gasteiger partial charge in [-0.3, -0.25) is 4.79 Å². The maximum Gasteiger partial charge on any atom is 0.223 e. The average molecular weight is 249 g/mol. The maximum absolute atomic E-state index is 11.7. The molecule has 0 bridgehead atoms. The number of ether oxygens (including phenoxy) is 2. The molecule has 1 aliphatic rings. The van der Waals surface area contributed by atoms with Gasteiger partial charge >= 0.3 is 0 Å². The third kappa shape index (κ3) is 3.39. The molecule has 1 amide bonds. The molecule has 1 atom stereocenters. The summed E-state index contributed by atoms with van der Waals surface area (Å²) in [6.07, 6.45) is 0.133. The van der Waals surface area contributed by atoms with Crippen molar-refractivity contribution in [3.8, 4) is 11.5 Å². The zero-order chi connectivity index (χ0) is 13.0. The first-order valence-electron chi connectivity index (χ1n) is 6.30. The van der Waals surface area contributed by atoms with E-state index in [1.54, 1.807) is 0 Å². The summed E-state index contributed by atoms with van der Waals surface area (Å²) in [7, 11) is 0. The standard InChI is InChI=1S/C14H19NO3/c1-10(2)8-15-14(16)7-11-9-17-12-5-3-4-6-13(12)18-11/h3-6,10-11H,7-9H2,1-2H3,(H,15,16). The zero-order valence-electron chi connectivity index (χ0n) is 10.8. The van der Waals surface area contributed by atoms with Crippen LogP contribution in [0.5, 0.6) is 11.5 Å². The largest absolute Gasteiger partial charge is 0.486 e. The molecule has 18 heavy (non-hydrogen) atoms. The fourth-order valence-corrected chi connectivity index (χ4v) is 1.76. The Hall–Kier alpha value is -1.71. The number of carbonyl (C=O) groups is 1. The molecule has 0 spiro atoms. The van der Waals surface area contributed by atoms with Crippen LogP contribution in [-0.2, 0) is 4.79 Å². The third-order valence-electron chi connectivity index (χ3n) is 2.69. The highest BCUT2D eigenvalue weighted by atomic mass is 16.6. The van der Waals surface area contributed by atoms with E-state index in [1.165, 1.54) is 0 Å². The van der Waals surface area contributed by atoms with Crippen molar-refractivity contribution in [1.82, 2.24) is 5.32 Å². The second-order valence-corrected chi connectivity index (χ2v) is 4.90. The molecule has 0 fully saturated rings. The lowest BCUT2D eigenvalue weighted by Gasteiger charge is -2.26. The van der Waals surface area contributed by atoms with E-state index in [1.807, 2.05) is 24.3 Å². The van der Waals surface area contributed by atoms with Gasteiger partial charge in [-0.05, 0) is 18.1 Å². The Morgan fingerprint density at radius 1 is 1.39 bits per heavy atom. The van der Waals surface area contributed by atoms with Crippen LogP contribution in [0.2, 0.25) is 0 Å². The summed E-state index contributed by atoms with van der Waals surface area (Å²) < 4.78 is 11.3. The molecule has 1 N–H and O–H groups in total. The van der Waals surface area contributed by atoms with Gasteiger partial charge in [-0.25, -0.2) is 0 Å². The second-order valence-electron chi connectivity index (χ2n) is 4.90. The van der Waals surface area contributed by atoms with Crippen LogP contribution < -0.4 is 14.8 Å². The van der Waals surface area contributed by atoms with Crippen LogP contribution in [0.4, 0.5) is 0 Å². The van der Waals surface area contributed by atoms with Gasteiger partial charge in [0.05, 0.1) is 6.42 Å². The highest BCUT2D eigenvalue weighted by Gasteiger charge is 2.22. The second kappa shape index (κ2) is 5.76. The first kappa shape index (κ1) is 12.7. The summed E-state index contributed by atoms with van der Waals surface area (Å²) in [5, 5.41) is 2.88. The molecule has 4 heteroatoms. The van der Waals surface area contributed by atoms with Crippen LogP contribution in [0, 0.1) is 5.92 Å². The Morgan fingerprint density at radius 3 is 2.83 bits per heavy atom. The lowest BCUT2D eigenvalue weighted by atomic mass is 10.2. The van der Waals surface area contributed by atoms with Gasteiger partial charge in [0.15, 0.2) is 11.5 Å². The minimum atomic E-state index is -0.202. The quantitative estimate of drug-likeness (QED) is 0.887. The molecule has 1 unspecified atom stereocenters. The van der Waals surface area contributed by atoms with E-state index in [-0.39, 0.29) is 12.0 Å². The monoisotopic (exact) mass is 249 g/mol. The predicted molar refractivity (Wildman–Crippen MR) is 68.8 cm³/mol. The molecule has 1 heterocycles. The third-order valence-corrected chi connectivity index (χ3v) is 2.69. The van der Waals surface area contributed by atoms with Crippen LogP contribution in [0.15, 0.2) is 24.3 Å². The Kier molecular flexibility index (Phi) is 4.07. The van der Waals surface area contributed by atoms with Crippen molar-refractivity contribution in [1.29, 1.82) is 0 Å². The molecular weight excluding hydrogens is 230 g/mol. The molecule has 0 saturated carbocycles. The van der Waals surface area contributed by atoms with Gasteiger partial charge in [-0.2, -0.15) is 0 Å². The smallest absolute Gasteiger partial charge is 0.223 e. The van der Waals surface area contributed by atoms with Crippen LogP contribution in [0.25, 0.3) is 0 Å². The summed E-state index contributed by atoms with van der Waals surface area (Å²) in [6.45, 7) is 5.25. The number of nitrogens with one attached hydrogen (secondary N) is 1. The number of carbonyl (C=O) groups excluding carboxylic acids is 1. The molecule has 1 aliphatic heterocycles. The van der Waals surface area contributed by atoms with Crippen LogP contribution in [0.1, 0.15) is 20.3 Å². The SMILES string of the molecule is CC(C)CNC(=O)CC1COc2ccccc2O1. The fraction of sp³-hybridized carbons (Fsp3) is 0.500. The molecule has 1 aromatic rings. The molecule has 0 saturated heterocycles. The molecule has 0 radical (unpaired) electrons. The van der Waals surface area contributed by atoms with Gasteiger partial charge in [0, 0.05) is 6.54 Å². The number of benzene rings is 1. The van der Waals surface area contributed by atoms with Crippen molar-refractivity contribution in [2.24, 2.45) is 5.92 Å². The van der Waals surface area contributed by atoms with E-state index in [2.05, 4.69) is 19.2 Å². The molecule has 4 nitrogen and oxygen atoms in total. The van der Waals surface area contributed by atoms with Crippen molar-refractivity contribution in [3.05, 3.63) is 24.3 Å². The first-order valence-corrected chi connectivity index (χ1v) is 6.30. The van der Waals surface area contributed by atoms with Gasteiger partial charge in [0.25, 0.3) is 0 Å². The average Bonchev–Trinajstić information content (AvgIpc) is 2.36. The Bertz CT molecular complexity index is 417. The number of fused-ring (bicyclic) bond motifs is 1. The lowest BCUT2D eigenvalue weighted by Crippen LogP contribution is -2.36. The summed E-state index contributed by atoms with van der Waals surface area (Å²) in [5.74, 6) is 1.93. The van der Waals surface area contributed by atoms with E-state index in [9.17, 15) is 4.79 Å². The molecular formula is C14H19NO3. The van der Waals surface area contributed by atoms with E-state index >= 15 is 0 Å². The molecule has 0 aliphatic carbocycles. The van der Waals surface area contributed by atoms with Crippen LogP contribution in [-0.4, -0.2) is 25.2 Å². The molecule has 1 aromatic carbocycles. The van der Waals surface area contributed by atoms with Gasteiger partial charge in [-0.1, -0.05) is 26.0 Å². The zero-order valence-corrected chi connectivity index (χ0v) is 10.8. The number of para-hydroxylation sites is 2. The normalized spacial score (nSPS) is 17.6. The number of hydrogen-bond donors (Lipinski definition) is 1. The molecule has 2 rings (SSSR count). The summed E-state index contributed by atoms with van der Waals surface area (Å²) in [4.78, 5) is 11.7. The minimum absolute atomic E-state index is 0.0108. The summed E-state index contributed by atoms with van der Waals surface area (Å²) in [6, 6.07) is 7.51. The van der Waals surface area contributed by atoms with E-state index in [4.69, 9.17) is 9.47 Å². The van der Waals surface area contributed by atoms with Crippen LogP contribution >= 0.6 is 0 Å². The van der Waals surface area contributed by atoms with Crippen molar-refractivity contribution >= 4 is 5.91 Å². The van der Waals surface area contributed by atoms with Gasteiger partial charge in [-0.15, -0.1) is 0 Å².